The molecule has 0 saturated heterocycles. The highest BCUT2D eigenvalue weighted by molar-refractivity contribution is 5.53. The van der Waals surface area contributed by atoms with Crippen molar-refractivity contribution >= 4 is 5.69 Å². The van der Waals surface area contributed by atoms with Gasteiger partial charge in [-0.05, 0) is 24.2 Å². The predicted octanol–water partition coefficient (Wildman–Crippen LogP) is 2.59. The molecule has 0 amide bonds. The van der Waals surface area contributed by atoms with Gasteiger partial charge in [0.1, 0.15) is 12.4 Å². The summed E-state index contributed by atoms with van der Waals surface area (Å²) in [5.74, 6) is 0.997. The summed E-state index contributed by atoms with van der Waals surface area (Å²) >= 11 is 0. The second-order valence-electron chi connectivity index (χ2n) is 5.16. The summed E-state index contributed by atoms with van der Waals surface area (Å²) in [6.07, 6.45) is 3.82. The number of ether oxygens (including phenoxy) is 1. The van der Waals surface area contributed by atoms with Crippen LogP contribution in [-0.2, 0) is 13.1 Å². The van der Waals surface area contributed by atoms with Gasteiger partial charge in [-0.1, -0.05) is 25.1 Å². The van der Waals surface area contributed by atoms with Crippen LogP contribution in [0.3, 0.4) is 0 Å². The van der Waals surface area contributed by atoms with Gasteiger partial charge in [-0.3, -0.25) is 4.98 Å². The van der Waals surface area contributed by atoms with Crippen LogP contribution >= 0.6 is 0 Å². The number of hydrogen-bond donors (Lipinski definition) is 1. The van der Waals surface area contributed by atoms with Gasteiger partial charge in [0.05, 0.1) is 18.4 Å². The Morgan fingerprint density at radius 3 is 3.10 bits per heavy atom. The van der Waals surface area contributed by atoms with Crippen LogP contribution in [0.5, 0.6) is 5.75 Å². The van der Waals surface area contributed by atoms with Gasteiger partial charge in [0.15, 0.2) is 0 Å². The molecule has 2 aromatic rings. The SMILES string of the molecule is CCNCc1ccncc1N1CCOc2ccccc2C1. The maximum Gasteiger partial charge on any atom is 0.124 e. The molecule has 0 radical (unpaired) electrons. The average molecular weight is 283 g/mol. The fraction of sp³-hybridized carbons (Fsp3) is 0.353. The zero-order chi connectivity index (χ0) is 14.5. The summed E-state index contributed by atoms with van der Waals surface area (Å²) in [5.41, 5.74) is 3.71. The van der Waals surface area contributed by atoms with E-state index < -0.39 is 0 Å². The molecule has 2 heterocycles. The topological polar surface area (TPSA) is 37.4 Å². The molecule has 1 N–H and O–H groups in total. The maximum atomic E-state index is 5.84. The number of para-hydroxylation sites is 1. The summed E-state index contributed by atoms with van der Waals surface area (Å²) in [4.78, 5) is 6.66. The minimum absolute atomic E-state index is 0.701. The number of fused-ring (bicyclic) bond motifs is 1. The van der Waals surface area contributed by atoms with Gasteiger partial charge in [-0.2, -0.15) is 0 Å². The van der Waals surface area contributed by atoms with E-state index >= 15 is 0 Å². The van der Waals surface area contributed by atoms with E-state index in [-0.39, 0.29) is 0 Å². The second kappa shape index (κ2) is 6.59. The van der Waals surface area contributed by atoms with Crippen molar-refractivity contribution in [1.29, 1.82) is 0 Å². The molecular formula is C17H21N3O. The van der Waals surface area contributed by atoms with Gasteiger partial charge in [-0.15, -0.1) is 0 Å². The summed E-state index contributed by atoms with van der Waals surface area (Å²) in [5, 5.41) is 3.39. The Morgan fingerprint density at radius 1 is 1.29 bits per heavy atom. The minimum Gasteiger partial charge on any atom is -0.491 e. The van der Waals surface area contributed by atoms with Gasteiger partial charge in [0.25, 0.3) is 0 Å². The van der Waals surface area contributed by atoms with Gasteiger partial charge >= 0.3 is 0 Å². The molecule has 21 heavy (non-hydrogen) atoms. The lowest BCUT2D eigenvalue weighted by atomic mass is 10.1. The first-order valence-electron chi connectivity index (χ1n) is 7.47. The molecule has 1 aromatic heterocycles. The fourth-order valence-electron chi connectivity index (χ4n) is 2.64. The molecule has 0 unspecified atom stereocenters. The summed E-state index contributed by atoms with van der Waals surface area (Å²) < 4.78 is 5.84. The highest BCUT2D eigenvalue weighted by Crippen LogP contribution is 2.27. The van der Waals surface area contributed by atoms with Crippen molar-refractivity contribution in [2.24, 2.45) is 0 Å². The fourth-order valence-corrected chi connectivity index (χ4v) is 2.64. The van der Waals surface area contributed by atoms with Gasteiger partial charge in [-0.25, -0.2) is 0 Å². The molecule has 0 atom stereocenters. The summed E-state index contributed by atoms with van der Waals surface area (Å²) in [7, 11) is 0. The third-order valence-electron chi connectivity index (χ3n) is 3.75. The van der Waals surface area contributed by atoms with Crippen LogP contribution in [0.15, 0.2) is 42.7 Å². The van der Waals surface area contributed by atoms with Crippen molar-refractivity contribution in [2.75, 3.05) is 24.6 Å². The molecule has 3 rings (SSSR count). The molecule has 0 spiro atoms. The molecule has 0 fully saturated rings. The van der Waals surface area contributed by atoms with Crippen molar-refractivity contribution in [1.82, 2.24) is 10.3 Å². The summed E-state index contributed by atoms with van der Waals surface area (Å²) in [6, 6.07) is 10.4. The van der Waals surface area contributed by atoms with E-state index in [2.05, 4.69) is 40.3 Å². The van der Waals surface area contributed by atoms with E-state index in [1.54, 1.807) is 0 Å². The smallest absolute Gasteiger partial charge is 0.124 e. The van der Waals surface area contributed by atoms with E-state index in [4.69, 9.17) is 4.74 Å². The minimum atomic E-state index is 0.701. The molecular weight excluding hydrogens is 262 g/mol. The standard InChI is InChI=1S/C17H21N3O/c1-2-18-11-14-7-8-19-12-16(14)20-9-10-21-17-6-4-3-5-15(17)13-20/h3-8,12,18H,2,9-11,13H2,1H3. The number of rotatable bonds is 4. The van der Waals surface area contributed by atoms with Gasteiger partial charge in [0, 0.05) is 24.8 Å². The van der Waals surface area contributed by atoms with Crippen LogP contribution in [0, 0.1) is 0 Å². The van der Waals surface area contributed by atoms with Crippen LogP contribution in [0.25, 0.3) is 0 Å². The van der Waals surface area contributed by atoms with E-state index in [1.165, 1.54) is 16.8 Å². The van der Waals surface area contributed by atoms with Gasteiger partial charge < -0.3 is 15.0 Å². The lowest BCUT2D eigenvalue weighted by Crippen LogP contribution is -2.27. The Kier molecular flexibility index (Phi) is 4.36. The molecule has 0 saturated carbocycles. The Morgan fingerprint density at radius 2 is 2.19 bits per heavy atom. The van der Waals surface area contributed by atoms with E-state index in [0.29, 0.717) is 6.61 Å². The Balaban J connectivity index is 1.87. The number of pyridine rings is 1. The molecule has 0 bridgehead atoms. The van der Waals surface area contributed by atoms with Gasteiger partial charge in [0.2, 0.25) is 0 Å². The lowest BCUT2D eigenvalue weighted by Gasteiger charge is -2.24. The molecule has 1 aliphatic heterocycles. The third-order valence-corrected chi connectivity index (χ3v) is 3.75. The normalized spacial score (nSPS) is 14.2. The van der Waals surface area contributed by atoms with E-state index in [0.717, 1.165) is 31.9 Å². The van der Waals surface area contributed by atoms with Crippen molar-refractivity contribution in [3.63, 3.8) is 0 Å². The predicted molar refractivity (Wildman–Crippen MR) is 84.6 cm³/mol. The highest BCUT2D eigenvalue weighted by Gasteiger charge is 2.17. The highest BCUT2D eigenvalue weighted by atomic mass is 16.5. The molecule has 1 aromatic carbocycles. The van der Waals surface area contributed by atoms with E-state index in [9.17, 15) is 0 Å². The van der Waals surface area contributed by atoms with Crippen molar-refractivity contribution in [3.05, 3.63) is 53.9 Å². The Labute approximate surface area is 125 Å². The van der Waals surface area contributed by atoms with Crippen molar-refractivity contribution in [2.45, 2.75) is 20.0 Å². The monoisotopic (exact) mass is 283 g/mol. The maximum absolute atomic E-state index is 5.84. The van der Waals surface area contributed by atoms with Crippen LogP contribution in [-0.4, -0.2) is 24.7 Å². The number of nitrogens with one attached hydrogen (secondary N) is 1. The Bertz CT molecular complexity index is 600. The third kappa shape index (κ3) is 3.16. The van der Waals surface area contributed by atoms with Crippen LogP contribution in [0.2, 0.25) is 0 Å². The molecule has 0 aliphatic carbocycles. The lowest BCUT2D eigenvalue weighted by molar-refractivity contribution is 0.331. The number of hydrogen-bond acceptors (Lipinski definition) is 4. The zero-order valence-corrected chi connectivity index (χ0v) is 12.4. The average Bonchev–Trinajstić information content (AvgIpc) is 2.75. The quantitative estimate of drug-likeness (QED) is 0.936. The summed E-state index contributed by atoms with van der Waals surface area (Å²) in [6.45, 7) is 6.39. The molecule has 1 aliphatic rings. The van der Waals surface area contributed by atoms with Crippen LogP contribution < -0.4 is 15.0 Å². The van der Waals surface area contributed by atoms with Crippen LogP contribution in [0.1, 0.15) is 18.1 Å². The molecule has 4 nitrogen and oxygen atoms in total. The second-order valence-corrected chi connectivity index (χ2v) is 5.16. The molecule has 4 heteroatoms. The number of nitrogens with zero attached hydrogens (tertiary/aromatic N) is 2. The first-order valence-corrected chi connectivity index (χ1v) is 7.47. The van der Waals surface area contributed by atoms with Crippen molar-refractivity contribution in [3.8, 4) is 5.75 Å². The van der Waals surface area contributed by atoms with Crippen molar-refractivity contribution < 1.29 is 4.74 Å². The largest absolute Gasteiger partial charge is 0.491 e. The first-order chi connectivity index (χ1) is 10.4. The van der Waals surface area contributed by atoms with Crippen LogP contribution in [0.4, 0.5) is 5.69 Å². The molecule has 110 valence electrons. The Hall–Kier alpha value is -2.07. The zero-order valence-electron chi connectivity index (χ0n) is 12.4. The number of benzene rings is 1. The first kappa shape index (κ1) is 13.9. The number of anilines is 1. The van der Waals surface area contributed by atoms with E-state index in [1.807, 2.05) is 24.5 Å². The number of aromatic nitrogens is 1.